The second-order valence-corrected chi connectivity index (χ2v) is 6.64. The fourth-order valence-corrected chi connectivity index (χ4v) is 3.04. The maximum Gasteiger partial charge on any atom is 0.0587 e. The van der Waals surface area contributed by atoms with Crippen LogP contribution in [0.15, 0.2) is 42.5 Å². The first-order valence-corrected chi connectivity index (χ1v) is 8.39. The van der Waals surface area contributed by atoms with Crippen LogP contribution in [0.2, 0.25) is 10.0 Å². The quantitative estimate of drug-likeness (QED) is 0.614. The maximum atomic E-state index is 6.16. The highest BCUT2D eigenvalue weighted by molar-refractivity contribution is 14.1. The van der Waals surface area contributed by atoms with Crippen LogP contribution in [0.3, 0.4) is 0 Å². The molecule has 0 bridgehead atoms. The molecule has 0 aliphatic heterocycles. The Labute approximate surface area is 143 Å². The average molecular weight is 420 g/mol. The predicted molar refractivity (Wildman–Crippen MR) is 95.8 cm³/mol. The third-order valence-electron chi connectivity index (χ3n) is 3.07. The highest BCUT2D eigenvalue weighted by Crippen LogP contribution is 2.29. The average Bonchev–Trinajstić information content (AvgIpc) is 2.44. The Morgan fingerprint density at radius 3 is 2.35 bits per heavy atom. The minimum absolute atomic E-state index is 0.137. The molecule has 106 valence electrons. The van der Waals surface area contributed by atoms with Crippen molar-refractivity contribution in [3.63, 3.8) is 0 Å². The molecule has 0 fully saturated rings. The van der Waals surface area contributed by atoms with E-state index in [1.54, 1.807) is 0 Å². The zero-order valence-corrected chi connectivity index (χ0v) is 14.8. The van der Waals surface area contributed by atoms with Crippen molar-refractivity contribution in [3.8, 4) is 0 Å². The van der Waals surface area contributed by atoms with E-state index in [0.29, 0.717) is 0 Å². The van der Waals surface area contributed by atoms with Gasteiger partial charge < -0.3 is 5.32 Å². The van der Waals surface area contributed by atoms with E-state index in [1.807, 2.05) is 24.3 Å². The fraction of sp³-hybridized carbons (Fsp3) is 0.250. The Balaban J connectivity index is 2.41. The van der Waals surface area contributed by atoms with Gasteiger partial charge in [-0.1, -0.05) is 42.3 Å². The van der Waals surface area contributed by atoms with Gasteiger partial charge in [0.05, 0.1) is 6.04 Å². The third kappa shape index (κ3) is 4.10. The number of rotatable bonds is 5. The minimum Gasteiger partial charge on any atom is -0.306 e. The van der Waals surface area contributed by atoms with Crippen molar-refractivity contribution in [2.24, 2.45) is 0 Å². The summed E-state index contributed by atoms with van der Waals surface area (Å²) in [6, 6.07) is 14.1. The van der Waals surface area contributed by atoms with E-state index in [4.69, 9.17) is 23.2 Å². The molecule has 2 aromatic rings. The Morgan fingerprint density at radius 2 is 1.70 bits per heavy atom. The van der Waals surface area contributed by atoms with Gasteiger partial charge in [-0.05, 0) is 77.0 Å². The summed E-state index contributed by atoms with van der Waals surface area (Å²) in [6.45, 7) is 3.12. The van der Waals surface area contributed by atoms with Crippen LogP contribution in [0.5, 0.6) is 0 Å². The number of hydrogen-bond acceptors (Lipinski definition) is 1. The van der Waals surface area contributed by atoms with Gasteiger partial charge in [0.15, 0.2) is 0 Å². The Bertz CT molecular complexity index is 569. The summed E-state index contributed by atoms with van der Waals surface area (Å²) in [6.07, 6.45) is 1.08. The SMILES string of the molecule is CCCNC(c1ccc(Cl)cc1)c1cc(Cl)ccc1I. The van der Waals surface area contributed by atoms with Crippen LogP contribution in [0.1, 0.15) is 30.5 Å². The summed E-state index contributed by atoms with van der Waals surface area (Å²) in [4.78, 5) is 0. The van der Waals surface area contributed by atoms with Crippen molar-refractivity contribution in [1.82, 2.24) is 5.32 Å². The van der Waals surface area contributed by atoms with E-state index < -0.39 is 0 Å². The predicted octanol–water partition coefficient (Wildman–Crippen LogP) is 5.69. The smallest absolute Gasteiger partial charge is 0.0587 e. The molecule has 0 aliphatic rings. The van der Waals surface area contributed by atoms with E-state index in [2.05, 4.69) is 53.0 Å². The highest BCUT2D eigenvalue weighted by Gasteiger charge is 2.16. The lowest BCUT2D eigenvalue weighted by atomic mass is 9.98. The monoisotopic (exact) mass is 419 g/mol. The first kappa shape index (κ1) is 16.1. The highest BCUT2D eigenvalue weighted by atomic mass is 127. The largest absolute Gasteiger partial charge is 0.306 e. The molecule has 2 aromatic carbocycles. The molecule has 0 aliphatic carbocycles. The van der Waals surface area contributed by atoms with E-state index >= 15 is 0 Å². The molecule has 4 heteroatoms. The molecule has 0 amide bonds. The van der Waals surface area contributed by atoms with Gasteiger partial charge in [-0.3, -0.25) is 0 Å². The topological polar surface area (TPSA) is 12.0 Å². The van der Waals surface area contributed by atoms with Gasteiger partial charge in [0.25, 0.3) is 0 Å². The Kier molecular flexibility index (Phi) is 6.15. The normalized spacial score (nSPS) is 12.4. The summed E-state index contributed by atoms with van der Waals surface area (Å²) < 4.78 is 1.20. The van der Waals surface area contributed by atoms with Gasteiger partial charge >= 0.3 is 0 Å². The lowest BCUT2D eigenvalue weighted by Gasteiger charge is -2.21. The van der Waals surface area contributed by atoms with Crippen molar-refractivity contribution in [1.29, 1.82) is 0 Å². The van der Waals surface area contributed by atoms with Crippen LogP contribution in [0.4, 0.5) is 0 Å². The van der Waals surface area contributed by atoms with Gasteiger partial charge in [-0.15, -0.1) is 0 Å². The molecule has 2 rings (SSSR count). The summed E-state index contributed by atoms with van der Waals surface area (Å²) in [7, 11) is 0. The minimum atomic E-state index is 0.137. The Morgan fingerprint density at radius 1 is 1.05 bits per heavy atom. The molecule has 1 N–H and O–H groups in total. The molecule has 0 saturated heterocycles. The van der Waals surface area contributed by atoms with Crippen molar-refractivity contribution in [2.75, 3.05) is 6.54 Å². The Hall–Kier alpha value is -0.290. The first-order chi connectivity index (χ1) is 9.61. The summed E-state index contributed by atoms with van der Waals surface area (Å²) in [5, 5.41) is 5.10. The van der Waals surface area contributed by atoms with Gasteiger partial charge in [0, 0.05) is 13.6 Å². The molecule has 0 aromatic heterocycles. The molecular weight excluding hydrogens is 404 g/mol. The lowest BCUT2D eigenvalue weighted by Crippen LogP contribution is -2.24. The number of halogens is 3. The van der Waals surface area contributed by atoms with E-state index in [0.717, 1.165) is 23.0 Å². The maximum absolute atomic E-state index is 6.16. The van der Waals surface area contributed by atoms with E-state index in [1.165, 1.54) is 14.7 Å². The van der Waals surface area contributed by atoms with Crippen LogP contribution in [-0.4, -0.2) is 6.54 Å². The summed E-state index contributed by atoms with van der Waals surface area (Å²) >= 11 is 14.5. The molecule has 0 spiro atoms. The van der Waals surface area contributed by atoms with Crippen molar-refractivity contribution < 1.29 is 0 Å². The van der Waals surface area contributed by atoms with Gasteiger partial charge in [-0.25, -0.2) is 0 Å². The van der Waals surface area contributed by atoms with E-state index in [9.17, 15) is 0 Å². The van der Waals surface area contributed by atoms with Crippen LogP contribution in [0.25, 0.3) is 0 Å². The summed E-state index contributed by atoms with van der Waals surface area (Å²) in [5.41, 5.74) is 2.40. The zero-order chi connectivity index (χ0) is 14.5. The molecule has 1 unspecified atom stereocenters. The molecular formula is C16H16Cl2IN. The van der Waals surface area contributed by atoms with Crippen LogP contribution in [0, 0.1) is 3.57 Å². The molecule has 20 heavy (non-hydrogen) atoms. The molecule has 1 atom stereocenters. The summed E-state index contributed by atoms with van der Waals surface area (Å²) in [5.74, 6) is 0. The van der Waals surface area contributed by atoms with Crippen molar-refractivity contribution >= 4 is 45.8 Å². The van der Waals surface area contributed by atoms with Crippen LogP contribution < -0.4 is 5.32 Å². The van der Waals surface area contributed by atoms with Gasteiger partial charge in [0.2, 0.25) is 0 Å². The fourth-order valence-electron chi connectivity index (χ4n) is 2.09. The van der Waals surface area contributed by atoms with E-state index in [-0.39, 0.29) is 6.04 Å². The van der Waals surface area contributed by atoms with Gasteiger partial charge in [0.1, 0.15) is 0 Å². The number of nitrogens with one attached hydrogen (secondary N) is 1. The number of hydrogen-bond donors (Lipinski definition) is 1. The number of benzene rings is 2. The van der Waals surface area contributed by atoms with Crippen molar-refractivity contribution in [2.45, 2.75) is 19.4 Å². The second kappa shape index (κ2) is 7.64. The zero-order valence-electron chi connectivity index (χ0n) is 11.2. The molecule has 1 nitrogen and oxygen atoms in total. The third-order valence-corrected chi connectivity index (χ3v) is 4.54. The van der Waals surface area contributed by atoms with Crippen LogP contribution >= 0.6 is 45.8 Å². The standard InChI is InChI=1S/C16H16Cl2IN/c1-2-9-20-16(11-3-5-12(17)6-4-11)14-10-13(18)7-8-15(14)19/h3-8,10,16,20H,2,9H2,1H3. The first-order valence-electron chi connectivity index (χ1n) is 6.55. The second-order valence-electron chi connectivity index (χ2n) is 4.60. The molecule has 0 saturated carbocycles. The molecule has 0 heterocycles. The van der Waals surface area contributed by atoms with Crippen molar-refractivity contribution in [3.05, 3.63) is 67.2 Å². The van der Waals surface area contributed by atoms with Gasteiger partial charge in [-0.2, -0.15) is 0 Å². The molecule has 0 radical (unpaired) electrons. The lowest BCUT2D eigenvalue weighted by molar-refractivity contribution is 0.597. The van der Waals surface area contributed by atoms with Crippen LogP contribution in [-0.2, 0) is 0 Å².